The normalized spacial score (nSPS) is 25.3. The summed E-state index contributed by atoms with van der Waals surface area (Å²) >= 11 is 0. The average molecular weight is 158 g/mol. The van der Waals surface area contributed by atoms with Crippen molar-refractivity contribution in [1.29, 1.82) is 0 Å². The topological polar surface area (TPSA) is 66.6 Å². The van der Waals surface area contributed by atoms with Gasteiger partial charge >= 0.3 is 0 Å². The Morgan fingerprint density at radius 1 is 1.73 bits per heavy atom. The van der Waals surface area contributed by atoms with E-state index in [4.69, 9.17) is 10.8 Å². The van der Waals surface area contributed by atoms with E-state index in [1.54, 1.807) is 4.90 Å². The highest BCUT2D eigenvalue weighted by Gasteiger charge is 2.19. The lowest BCUT2D eigenvalue weighted by molar-refractivity contribution is -0.135. The molecule has 1 heterocycles. The van der Waals surface area contributed by atoms with Crippen molar-refractivity contribution in [3.05, 3.63) is 0 Å². The third-order valence-electron chi connectivity index (χ3n) is 1.95. The monoisotopic (exact) mass is 158 g/mol. The molecule has 0 spiro atoms. The van der Waals surface area contributed by atoms with Crippen LogP contribution in [0.2, 0.25) is 0 Å². The van der Waals surface area contributed by atoms with Crippen LogP contribution in [0.15, 0.2) is 0 Å². The number of piperidine rings is 1. The van der Waals surface area contributed by atoms with E-state index in [0.29, 0.717) is 6.54 Å². The minimum absolute atomic E-state index is 0.0965. The van der Waals surface area contributed by atoms with Gasteiger partial charge in [0.15, 0.2) is 0 Å². The Kier molecular flexibility index (Phi) is 2.84. The van der Waals surface area contributed by atoms with Crippen LogP contribution < -0.4 is 5.73 Å². The minimum Gasteiger partial charge on any atom is -0.387 e. The largest absolute Gasteiger partial charge is 0.387 e. The number of amides is 1. The third kappa shape index (κ3) is 2.17. The molecule has 1 aliphatic rings. The van der Waals surface area contributed by atoms with Crippen molar-refractivity contribution in [3.63, 3.8) is 0 Å². The summed E-state index contributed by atoms with van der Waals surface area (Å²) in [5, 5.41) is 8.54. The number of rotatable bonds is 1. The van der Waals surface area contributed by atoms with Crippen LogP contribution in [-0.2, 0) is 4.79 Å². The van der Waals surface area contributed by atoms with Gasteiger partial charge in [-0.1, -0.05) is 0 Å². The van der Waals surface area contributed by atoms with Crippen LogP contribution in [0, 0.1) is 0 Å². The van der Waals surface area contributed by atoms with Gasteiger partial charge in [-0.25, -0.2) is 0 Å². The molecule has 1 rings (SSSR count). The van der Waals surface area contributed by atoms with E-state index in [1.807, 2.05) is 0 Å². The zero-order valence-electron chi connectivity index (χ0n) is 6.49. The second-order valence-electron chi connectivity index (χ2n) is 2.90. The first-order chi connectivity index (χ1) is 5.24. The summed E-state index contributed by atoms with van der Waals surface area (Å²) < 4.78 is 0. The number of hydrogen-bond acceptors (Lipinski definition) is 3. The Labute approximate surface area is 66.0 Å². The lowest BCUT2D eigenvalue weighted by Crippen LogP contribution is -2.46. The van der Waals surface area contributed by atoms with Gasteiger partial charge in [-0.2, -0.15) is 0 Å². The van der Waals surface area contributed by atoms with Crippen molar-refractivity contribution in [3.8, 4) is 0 Å². The Bertz CT molecular complexity index is 149. The molecule has 4 nitrogen and oxygen atoms in total. The summed E-state index contributed by atoms with van der Waals surface area (Å²) in [6.07, 6.45) is 1.93. The Balaban J connectivity index is 2.39. The smallest absolute Gasteiger partial charge is 0.248 e. The molecule has 0 aromatic rings. The lowest BCUT2D eigenvalue weighted by atomic mass is 10.1. The molecule has 0 aromatic heterocycles. The van der Waals surface area contributed by atoms with Gasteiger partial charge in [0.1, 0.15) is 6.61 Å². The summed E-state index contributed by atoms with van der Waals surface area (Å²) in [7, 11) is 0. The zero-order chi connectivity index (χ0) is 8.27. The van der Waals surface area contributed by atoms with E-state index in [-0.39, 0.29) is 11.9 Å². The predicted molar refractivity (Wildman–Crippen MR) is 40.9 cm³/mol. The number of aliphatic hydroxyl groups is 1. The van der Waals surface area contributed by atoms with Crippen LogP contribution in [0.3, 0.4) is 0 Å². The highest BCUT2D eigenvalue weighted by Crippen LogP contribution is 2.07. The predicted octanol–water partition coefficient (Wildman–Crippen LogP) is -1.07. The first-order valence-corrected chi connectivity index (χ1v) is 3.88. The maximum Gasteiger partial charge on any atom is 0.248 e. The Hall–Kier alpha value is -0.610. The van der Waals surface area contributed by atoms with Gasteiger partial charge in [-0.05, 0) is 12.8 Å². The second kappa shape index (κ2) is 3.69. The van der Waals surface area contributed by atoms with Gasteiger partial charge in [0.2, 0.25) is 5.91 Å². The molecule has 0 radical (unpaired) electrons. The summed E-state index contributed by atoms with van der Waals surface area (Å²) in [6, 6.07) is 0.0965. The van der Waals surface area contributed by atoms with Crippen LogP contribution in [-0.4, -0.2) is 41.7 Å². The summed E-state index contributed by atoms with van der Waals surface area (Å²) in [5.74, 6) is -0.208. The maximum atomic E-state index is 10.9. The highest BCUT2D eigenvalue weighted by atomic mass is 16.3. The molecule has 1 saturated heterocycles. The molecule has 0 aromatic carbocycles. The van der Waals surface area contributed by atoms with Gasteiger partial charge < -0.3 is 15.7 Å². The minimum atomic E-state index is -0.396. The van der Waals surface area contributed by atoms with Crippen LogP contribution in [0.4, 0.5) is 0 Å². The molecule has 64 valence electrons. The molecule has 1 aliphatic heterocycles. The zero-order valence-corrected chi connectivity index (χ0v) is 6.49. The van der Waals surface area contributed by atoms with Gasteiger partial charge in [0.25, 0.3) is 0 Å². The van der Waals surface area contributed by atoms with E-state index < -0.39 is 6.61 Å². The van der Waals surface area contributed by atoms with Crippen molar-refractivity contribution in [2.24, 2.45) is 5.73 Å². The summed E-state index contributed by atoms with van der Waals surface area (Å²) in [4.78, 5) is 12.6. The van der Waals surface area contributed by atoms with E-state index in [2.05, 4.69) is 0 Å². The highest BCUT2D eigenvalue weighted by molar-refractivity contribution is 5.77. The van der Waals surface area contributed by atoms with E-state index in [0.717, 1.165) is 19.4 Å². The molecule has 3 N–H and O–H groups in total. The van der Waals surface area contributed by atoms with Gasteiger partial charge in [-0.3, -0.25) is 4.79 Å². The van der Waals surface area contributed by atoms with Gasteiger partial charge in [0.05, 0.1) is 0 Å². The van der Waals surface area contributed by atoms with Crippen LogP contribution in [0.5, 0.6) is 0 Å². The summed E-state index contributed by atoms with van der Waals surface area (Å²) in [5.41, 5.74) is 5.64. The molecule has 11 heavy (non-hydrogen) atoms. The SMILES string of the molecule is NC1CCCN(C(=O)CO)C1. The fourth-order valence-corrected chi connectivity index (χ4v) is 1.34. The second-order valence-corrected chi connectivity index (χ2v) is 2.90. The van der Waals surface area contributed by atoms with Crippen molar-refractivity contribution >= 4 is 5.91 Å². The third-order valence-corrected chi connectivity index (χ3v) is 1.95. The first kappa shape index (κ1) is 8.49. The molecule has 0 aliphatic carbocycles. The maximum absolute atomic E-state index is 10.9. The molecule has 1 fully saturated rings. The van der Waals surface area contributed by atoms with Crippen molar-refractivity contribution in [1.82, 2.24) is 4.90 Å². The fourth-order valence-electron chi connectivity index (χ4n) is 1.34. The number of carbonyl (C=O) groups excluding carboxylic acids is 1. The quantitative estimate of drug-likeness (QED) is 0.510. The molecular formula is C7H14N2O2. The molecular weight excluding hydrogens is 144 g/mol. The molecule has 1 unspecified atom stereocenters. The van der Waals surface area contributed by atoms with Crippen LogP contribution in [0.1, 0.15) is 12.8 Å². The number of hydrogen-bond donors (Lipinski definition) is 2. The van der Waals surface area contributed by atoms with Crippen LogP contribution >= 0.6 is 0 Å². The van der Waals surface area contributed by atoms with Crippen molar-refractivity contribution < 1.29 is 9.90 Å². The van der Waals surface area contributed by atoms with Gasteiger partial charge in [0, 0.05) is 19.1 Å². The van der Waals surface area contributed by atoms with E-state index >= 15 is 0 Å². The van der Waals surface area contributed by atoms with Crippen LogP contribution in [0.25, 0.3) is 0 Å². The fraction of sp³-hybridized carbons (Fsp3) is 0.857. The van der Waals surface area contributed by atoms with Gasteiger partial charge in [-0.15, -0.1) is 0 Å². The molecule has 4 heteroatoms. The number of likely N-dealkylation sites (tertiary alicyclic amines) is 1. The van der Waals surface area contributed by atoms with E-state index in [1.165, 1.54) is 0 Å². The standard InChI is InChI=1S/C7H14N2O2/c8-6-2-1-3-9(4-6)7(11)5-10/h6,10H,1-5,8H2. The molecule has 1 amide bonds. The number of carbonyl (C=O) groups is 1. The average Bonchev–Trinajstić information content (AvgIpc) is 2.03. The lowest BCUT2D eigenvalue weighted by Gasteiger charge is -2.30. The number of aliphatic hydroxyl groups excluding tert-OH is 1. The summed E-state index contributed by atoms with van der Waals surface area (Å²) in [6.45, 7) is 0.944. The molecule has 1 atom stereocenters. The first-order valence-electron chi connectivity index (χ1n) is 3.88. The number of nitrogens with zero attached hydrogens (tertiary/aromatic N) is 1. The van der Waals surface area contributed by atoms with Crippen molar-refractivity contribution in [2.45, 2.75) is 18.9 Å². The molecule has 0 saturated carbocycles. The van der Waals surface area contributed by atoms with E-state index in [9.17, 15) is 4.79 Å². The van der Waals surface area contributed by atoms with Crippen molar-refractivity contribution in [2.75, 3.05) is 19.7 Å². The Morgan fingerprint density at radius 2 is 2.45 bits per heavy atom. The Morgan fingerprint density at radius 3 is 3.00 bits per heavy atom. The molecule has 0 bridgehead atoms. The number of nitrogens with two attached hydrogens (primary N) is 1.